The van der Waals surface area contributed by atoms with Crippen molar-refractivity contribution in [3.05, 3.63) is 16.4 Å². The molecule has 8 nitrogen and oxygen atoms in total. The number of rotatable bonds is 6. The predicted molar refractivity (Wildman–Crippen MR) is 72.1 cm³/mol. The van der Waals surface area contributed by atoms with E-state index in [-0.39, 0.29) is 27.9 Å². The maximum Gasteiger partial charge on any atom is 0.343 e. The Morgan fingerprint density at radius 1 is 1.60 bits per heavy atom. The van der Waals surface area contributed by atoms with Gasteiger partial charge in [0.1, 0.15) is 6.33 Å². The van der Waals surface area contributed by atoms with Gasteiger partial charge in [0.15, 0.2) is 5.03 Å². The third-order valence-electron chi connectivity index (χ3n) is 3.22. The van der Waals surface area contributed by atoms with Crippen molar-refractivity contribution < 1.29 is 14.5 Å². The third kappa shape index (κ3) is 3.16. The van der Waals surface area contributed by atoms with E-state index in [9.17, 15) is 14.9 Å². The van der Waals surface area contributed by atoms with Gasteiger partial charge >= 0.3 is 11.7 Å². The number of thioether (sulfide) groups is 1. The molecular weight excluding hydrogens is 284 g/mol. The fourth-order valence-electron chi connectivity index (χ4n) is 1.80. The predicted octanol–water partition coefficient (Wildman–Crippen LogP) is 1.40. The minimum atomic E-state index is -0.586. The molecule has 2 N–H and O–H groups in total. The summed E-state index contributed by atoms with van der Waals surface area (Å²) in [4.78, 5) is 29.2. The largest absolute Gasteiger partial charge is 0.469 e. The number of nitrogens with zero attached hydrogens (tertiary/aromatic N) is 3. The topological polar surface area (TPSA) is 121 Å². The number of nitrogen functional groups attached to an aromatic ring is 1. The first-order valence-corrected chi connectivity index (χ1v) is 6.90. The van der Waals surface area contributed by atoms with Gasteiger partial charge in [0, 0.05) is 5.75 Å². The number of anilines is 1. The Kier molecular flexibility index (Phi) is 4.07. The Morgan fingerprint density at radius 2 is 2.30 bits per heavy atom. The van der Waals surface area contributed by atoms with Crippen molar-refractivity contribution >= 4 is 29.2 Å². The van der Waals surface area contributed by atoms with Crippen LogP contribution in [0.3, 0.4) is 0 Å². The first kappa shape index (κ1) is 14.5. The minimum absolute atomic E-state index is 0.134. The van der Waals surface area contributed by atoms with E-state index in [0.717, 1.165) is 12.8 Å². The molecule has 0 aromatic carbocycles. The Hall–Kier alpha value is -1.90. The van der Waals surface area contributed by atoms with Crippen LogP contribution in [0, 0.1) is 15.5 Å². The summed E-state index contributed by atoms with van der Waals surface area (Å²) < 4.78 is 4.66. The number of methoxy groups -OCH3 is 1. The Bertz CT molecular complexity index is 547. The van der Waals surface area contributed by atoms with Gasteiger partial charge < -0.3 is 10.5 Å². The number of carbonyl (C=O) groups is 1. The summed E-state index contributed by atoms with van der Waals surface area (Å²) in [6, 6.07) is 0. The van der Waals surface area contributed by atoms with Crippen LogP contribution in [0.2, 0.25) is 0 Å². The molecule has 1 aromatic rings. The van der Waals surface area contributed by atoms with E-state index in [1.165, 1.54) is 25.2 Å². The Balaban J connectivity index is 2.07. The second-order valence-corrected chi connectivity index (χ2v) is 5.68. The zero-order chi connectivity index (χ0) is 14.8. The molecule has 0 saturated heterocycles. The van der Waals surface area contributed by atoms with Gasteiger partial charge in [-0.1, -0.05) is 11.8 Å². The lowest BCUT2D eigenvalue weighted by Crippen LogP contribution is -2.13. The van der Waals surface area contributed by atoms with Crippen molar-refractivity contribution in [2.45, 2.75) is 24.3 Å². The van der Waals surface area contributed by atoms with E-state index >= 15 is 0 Å². The van der Waals surface area contributed by atoms with Crippen LogP contribution >= 0.6 is 11.8 Å². The van der Waals surface area contributed by atoms with E-state index in [1.54, 1.807) is 0 Å². The fourth-order valence-corrected chi connectivity index (χ4v) is 3.07. The number of hydrogen-bond acceptors (Lipinski definition) is 8. The van der Waals surface area contributed by atoms with Crippen LogP contribution in [0.4, 0.5) is 11.5 Å². The molecule has 1 heterocycles. The summed E-state index contributed by atoms with van der Waals surface area (Å²) in [5.41, 5.74) is 5.09. The van der Waals surface area contributed by atoms with Crippen LogP contribution in [0.15, 0.2) is 11.4 Å². The van der Waals surface area contributed by atoms with Gasteiger partial charge in [-0.25, -0.2) is 9.97 Å². The molecule has 0 aliphatic heterocycles. The lowest BCUT2D eigenvalue weighted by molar-refractivity contribution is -0.387. The van der Waals surface area contributed by atoms with Gasteiger partial charge in [0.05, 0.1) is 18.5 Å². The highest BCUT2D eigenvalue weighted by molar-refractivity contribution is 7.99. The maximum absolute atomic E-state index is 11.3. The number of aromatic nitrogens is 2. The molecule has 2 rings (SSSR count). The normalized spacial score (nSPS) is 15.7. The second-order valence-electron chi connectivity index (χ2n) is 4.71. The number of nitro groups is 1. The van der Waals surface area contributed by atoms with E-state index in [4.69, 9.17) is 5.73 Å². The van der Waals surface area contributed by atoms with Crippen molar-refractivity contribution in [3.63, 3.8) is 0 Å². The van der Waals surface area contributed by atoms with Gasteiger partial charge in [-0.05, 0) is 18.3 Å². The standard InChI is InChI=1S/C11H14N4O4S/c1-19-7(16)4-11(2-3-11)5-20-10-8(15(17)18)9(12)13-6-14-10/h6H,2-5H2,1H3,(H2,12,13,14). The molecule has 20 heavy (non-hydrogen) atoms. The van der Waals surface area contributed by atoms with Crippen molar-refractivity contribution in [2.75, 3.05) is 18.6 Å². The van der Waals surface area contributed by atoms with E-state index in [2.05, 4.69) is 14.7 Å². The molecule has 0 unspecified atom stereocenters. The Labute approximate surface area is 119 Å². The zero-order valence-corrected chi connectivity index (χ0v) is 11.7. The summed E-state index contributed by atoms with van der Waals surface area (Å²) >= 11 is 1.23. The molecular formula is C11H14N4O4S. The molecule has 0 radical (unpaired) electrons. The van der Waals surface area contributed by atoms with Crippen LogP contribution in [-0.4, -0.2) is 33.7 Å². The lowest BCUT2D eigenvalue weighted by atomic mass is 10.1. The molecule has 1 aliphatic carbocycles. The molecule has 0 atom stereocenters. The van der Waals surface area contributed by atoms with Crippen molar-refractivity contribution in [2.24, 2.45) is 5.41 Å². The van der Waals surface area contributed by atoms with Gasteiger partial charge in [-0.2, -0.15) is 0 Å². The monoisotopic (exact) mass is 298 g/mol. The number of nitrogens with two attached hydrogens (primary N) is 1. The van der Waals surface area contributed by atoms with Crippen LogP contribution in [0.5, 0.6) is 0 Å². The molecule has 9 heteroatoms. The van der Waals surface area contributed by atoms with E-state index in [1.807, 2.05) is 0 Å². The second kappa shape index (κ2) is 5.61. The minimum Gasteiger partial charge on any atom is -0.469 e. The summed E-state index contributed by atoms with van der Waals surface area (Å²) in [5.74, 6) is 0.157. The van der Waals surface area contributed by atoms with Crippen molar-refractivity contribution in [1.29, 1.82) is 0 Å². The van der Waals surface area contributed by atoms with E-state index in [0.29, 0.717) is 12.2 Å². The average molecular weight is 298 g/mol. The van der Waals surface area contributed by atoms with Gasteiger partial charge in [-0.15, -0.1) is 0 Å². The van der Waals surface area contributed by atoms with E-state index < -0.39 is 4.92 Å². The number of esters is 1. The maximum atomic E-state index is 11.3. The highest BCUT2D eigenvalue weighted by Gasteiger charge is 2.45. The molecule has 0 spiro atoms. The number of ether oxygens (including phenoxy) is 1. The van der Waals surface area contributed by atoms with Crippen LogP contribution in [0.1, 0.15) is 19.3 Å². The van der Waals surface area contributed by atoms with Gasteiger partial charge in [0.25, 0.3) is 0 Å². The summed E-state index contributed by atoms with van der Waals surface area (Å²) in [5, 5.41) is 11.2. The molecule has 1 fully saturated rings. The van der Waals surface area contributed by atoms with Crippen LogP contribution < -0.4 is 5.73 Å². The molecule has 108 valence electrons. The molecule has 0 bridgehead atoms. The quantitative estimate of drug-likeness (QED) is 0.275. The van der Waals surface area contributed by atoms with Gasteiger partial charge in [-0.3, -0.25) is 14.9 Å². The highest BCUT2D eigenvalue weighted by atomic mass is 32.2. The Morgan fingerprint density at radius 3 is 2.85 bits per heavy atom. The van der Waals surface area contributed by atoms with Gasteiger partial charge in [0.2, 0.25) is 5.82 Å². The number of hydrogen-bond donors (Lipinski definition) is 1. The molecule has 0 amide bonds. The van der Waals surface area contributed by atoms with Crippen molar-refractivity contribution in [1.82, 2.24) is 9.97 Å². The first-order valence-electron chi connectivity index (χ1n) is 5.92. The van der Waals surface area contributed by atoms with Crippen LogP contribution in [-0.2, 0) is 9.53 Å². The fraction of sp³-hybridized carbons (Fsp3) is 0.545. The van der Waals surface area contributed by atoms with Crippen molar-refractivity contribution in [3.8, 4) is 0 Å². The summed E-state index contributed by atoms with van der Waals surface area (Å²) in [7, 11) is 1.35. The summed E-state index contributed by atoms with van der Waals surface area (Å²) in [6.07, 6.45) is 3.34. The highest BCUT2D eigenvalue weighted by Crippen LogP contribution is 2.52. The number of carbonyl (C=O) groups excluding carboxylic acids is 1. The lowest BCUT2D eigenvalue weighted by Gasteiger charge is -2.12. The average Bonchev–Trinajstić information content (AvgIpc) is 3.16. The van der Waals surface area contributed by atoms with Crippen LogP contribution in [0.25, 0.3) is 0 Å². The third-order valence-corrected chi connectivity index (χ3v) is 4.55. The zero-order valence-electron chi connectivity index (χ0n) is 10.9. The molecule has 1 saturated carbocycles. The SMILES string of the molecule is COC(=O)CC1(CSc2ncnc(N)c2[N+](=O)[O-])CC1. The first-order chi connectivity index (χ1) is 9.47. The smallest absolute Gasteiger partial charge is 0.343 e. The molecule has 1 aromatic heterocycles. The molecule has 1 aliphatic rings. The summed E-state index contributed by atoms with van der Waals surface area (Å²) in [6.45, 7) is 0.